The van der Waals surface area contributed by atoms with Crippen LogP contribution in [0.5, 0.6) is 0 Å². The van der Waals surface area contributed by atoms with Crippen molar-refractivity contribution >= 4 is 12.6 Å². The summed E-state index contributed by atoms with van der Waals surface area (Å²) in [5.74, 6) is 0. The molecule has 0 aliphatic carbocycles. The summed E-state index contributed by atoms with van der Waals surface area (Å²) in [7, 11) is -1.45. The molecule has 100 valence electrons. The van der Waals surface area contributed by atoms with Crippen molar-refractivity contribution in [3.05, 3.63) is 29.8 Å². The van der Waals surface area contributed by atoms with Gasteiger partial charge in [0.2, 0.25) is 0 Å². The van der Waals surface area contributed by atoms with Crippen LogP contribution in [-0.4, -0.2) is 37.0 Å². The summed E-state index contributed by atoms with van der Waals surface area (Å²) in [6.45, 7) is 4.34. The van der Waals surface area contributed by atoms with E-state index in [2.05, 4.69) is 6.92 Å². The summed E-state index contributed by atoms with van der Waals surface area (Å²) in [4.78, 5) is 0. The van der Waals surface area contributed by atoms with Crippen LogP contribution in [0.1, 0.15) is 25.3 Å². The third-order valence-electron chi connectivity index (χ3n) is 2.61. The Hall–Kier alpha value is -0.875. The minimum Gasteiger partial charge on any atom is -0.423 e. The van der Waals surface area contributed by atoms with Gasteiger partial charge in [-0.05, 0) is 17.4 Å². The summed E-state index contributed by atoms with van der Waals surface area (Å²) < 4.78 is 10.8. The second-order valence-electron chi connectivity index (χ2n) is 4.09. The smallest absolute Gasteiger partial charge is 0.423 e. The van der Waals surface area contributed by atoms with Crippen LogP contribution >= 0.6 is 0 Å². The normalized spacial score (nSPS) is 10.6. The summed E-state index contributed by atoms with van der Waals surface area (Å²) in [6.07, 6.45) is 2.20. The highest BCUT2D eigenvalue weighted by atomic mass is 16.5. The molecule has 1 aromatic carbocycles. The van der Waals surface area contributed by atoms with Gasteiger partial charge >= 0.3 is 7.12 Å². The fraction of sp³-hybridized carbons (Fsp3) is 0.538. The minimum atomic E-state index is -1.45. The van der Waals surface area contributed by atoms with Crippen molar-refractivity contribution in [2.75, 3.05) is 19.8 Å². The highest BCUT2D eigenvalue weighted by molar-refractivity contribution is 6.59. The second kappa shape index (κ2) is 9.11. The maximum atomic E-state index is 9.18. The average molecular weight is 252 g/mol. The number of ether oxygens (including phenoxy) is 2. The molecule has 0 unspecified atom stereocenters. The number of rotatable bonds is 9. The van der Waals surface area contributed by atoms with Crippen LogP contribution in [0.15, 0.2) is 24.3 Å². The first-order valence-corrected chi connectivity index (χ1v) is 6.35. The zero-order valence-electron chi connectivity index (χ0n) is 10.8. The van der Waals surface area contributed by atoms with Crippen LogP contribution in [0.25, 0.3) is 0 Å². The summed E-state index contributed by atoms with van der Waals surface area (Å²) in [5.41, 5.74) is 1.28. The van der Waals surface area contributed by atoms with Crippen molar-refractivity contribution in [3.8, 4) is 0 Å². The van der Waals surface area contributed by atoms with E-state index >= 15 is 0 Å². The third-order valence-corrected chi connectivity index (χ3v) is 2.61. The highest BCUT2D eigenvalue weighted by Gasteiger charge is 2.14. The van der Waals surface area contributed by atoms with Crippen LogP contribution in [0, 0.1) is 0 Å². The summed E-state index contributed by atoms with van der Waals surface area (Å²) in [6, 6.07) is 7.13. The predicted octanol–water partition coefficient (Wildman–Crippen LogP) is 0.700. The monoisotopic (exact) mass is 252 g/mol. The summed E-state index contributed by atoms with van der Waals surface area (Å²) >= 11 is 0. The molecule has 18 heavy (non-hydrogen) atoms. The van der Waals surface area contributed by atoms with E-state index in [1.807, 2.05) is 12.1 Å². The van der Waals surface area contributed by atoms with Gasteiger partial charge in [0.05, 0.1) is 19.8 Å². The molecule has 0 saturated carbocycles. The Morgan fingerprint density at radius 2 is 1.78 bits per heavy atom. The van der Waals surface area contributed by atoms with E-state index in [4.69, 9.17) is 9.47 Å². The highest BCUT2D eigenvalue weighted by Crippen LogP contribution is 1.99. The van der Waals surface area contributed by atoms with Gasteiger partial charge in [-0.1, -0.05) is 37.6 Å². The molecule has 0 fully saturated rings. The molecule has 0 aromatic heterocycles. The fourth-order valence-corrected chi connectivity index (χ4v) is 1.57. The maximum Gasteiger partial charge on any atom is 0.488 e. The standard InChI is InChI=1S/C13H21BO4/c1-2-3-8-17-9-10-18-11-12-6-4-5-7-13(12)14(15)16/h4-7,15-16H,2-3,8-11H2,1H3. The number of hydrogen-bond acceptors (Lipinski definition) is 4. The molecule has 0 aliphatic heterocycles. The van der Waals surface area contributed by atoms with Crippen molar-refractivity contribution in [1.29, 1.82) is 0 Å². The molecule has 0 heterocycles. The van der Waals surface area contributed by atoms with Gasteiger partial charge in [-0.25, -0.2) is 0 Å². The van der Waals surface area contributed by atoms with Gasteiger partial charge in [0.1, 0.15) is 0 Å². The lowest BCUT2D eigenvalue weighted by atomic mass is 9.77. The van der Waals surface area contributed by atoms with E-state index in [0.717, 1.165) is 25.0 Å². The molecule has 0 saturated heterocycles. The maximum absolute atomic E-state index is 9.18. The number of unbranched alkanes of at least 4 members (excludes halogenated alkanes) is 1. The Kier molecular flexibility index (Phi) is 7.68. The lowest BCUT2D eigenvalue weighted by molar-refractivity contribution is 0.0398. The Balaban J connectivity index is 2.23. The molecule has 4 nitrogen and oxygen atoms in total. The molecule has 0 amide bonds. The molecule has 0 bridgehead atoms. The zero-order chi connectivity index (χ0) is 13.2. The van der Waals surface area contributed by atoms with Gasteiger partial charge in [-0.2, -0.15) is 0 Å². The van der Waals surface area contributed by atoms with Gasteiger partial charge in [0.25, 0.3) is 0 Å². The van der Waals surface area contributed by atoms with E-state index in [0.29, 0.717) is 25.3 Å². The van der Waals surface area contributed by atoms with Crippen LogP contribution in [0.3, 0.4) is 0 Å². The molecule has 5 heteroatoms. The van der Waals surface area contributed by atoms with Crippen LogP contribution < -0.4 is 5.46 Å². The lowest BCUT2D eigenvalue weighted by Gasteiger charge is -2.09. The van der Waals surface area contributed by atoms with Gasteiger partial charge in [0.15, 0.2) is 0 Å². The average Bonchev–Trinajstić information content (AvgIpc) is 2.38. The Morgan fingerprint density at radius 1 is 1.06 bits per heavy atom. The van der Waals surface area contributed by atoms with Gasteiger partial charge in [0, 0.05) is 6.61 Å². The third kappa shape index (κ3) is 5.64. The topological polar surface area (TPSA) is 58.9 Å². The van der Waals surface area contributed by atoms with Gasteiger partial charge in [-0.3, -0.25) is 0 Å². The minimum absolute atomic E-state index is 0.366. The molecule has 0 radical (unpaired) electrons. The first-order chi connectivity index (χ1) is 8.75. The number of hydrogen-bond donors (Lipinski definition) is 2. The van der Waals surface area contributed by atoms with E-state index in [1.54, 1.807) is 12.1 Å². The van der Waals surface area contributed by atoms with Gasteiger partial charge in [-0.15, -0.1) is 0 Å². The van der Waals surface area contributed by atoms with Crippen LogP contribution in [0.4, 0.5) is 0 Å². The quantitative estimate of drug-likeness (QED) is 0.501. The van der Waals surface area contributed by atoms with Crippen molar-refractivity contribution in [3.63, 3.8) is 0 Å². The van der Waals surface area contributed by atoms with Crippen molar-refractivity contribution in [2.45, 2.75) is 26.4 Å². The number of benzene rings is 1. The molecule has 0 aliphatic rings. The zero-order valence-corrected chi connectivity index (χ0v) is 10.8. The Bertz CT molecular complexity index is 331. The molecular weight excluding hydrogens is 231 g/mol. The Labute approximate surface area is 109 Å². The van der Waals surface area contributed by atoms with Crippen molar-refractivity contribution in [2.24, 2.45) is 0 Å². The lowest BCUT2D eigenvalue weighted by Crippen LogP contribution is -2.33. The first kappa shape index (κ1) is 15.2. The predicted molar refractivity (Wildman–Crippen MR) is 71.7 cm³/mol. The van der Waals surface area contributed by atoms with E-state index in [-0.39, 0.29) is 0 Å². The molecule has 1 rings (SSSR count). The molecular formula is C13H21BO4. The molecule has 2 N–H and O–H groups in total. The molecule has 0 atom stereocenters. The van der Waals surface area contributed by atoms with E-state index < -0.39 is 7.12 Å². The summed E-state index contributed by atoms with van der Waals surface area (Å²) in [5, 5.41) is 18.4. The Morgan fingerprint density at radius 3 is 2.50 bits per heavy atom. The largest absolute Gasteiger partial charge is 0.488 e. The molecule has 0 spiro atoms. The van der Waals surface area contributed by atoms with E-state index in [1.165, 1.54) is 0 Å². The van der Waals surface area contributed by atoms with Crippen LogP contribution in [0.2, 0.25) is 0 Å². The SMILES string of the molecule is CCCCOCCOCc1ccccc1B(O)O. The van der Waals surface area contributed by atoms with Crippen molar-refractivity contribution in [1.82, 2.24) is 0 Å². The van der Waals surface area contributed by atoms with Crippen LogP contribution in [-0.2, 0) is 16.1 Å². The first-order valence-electron chi connectivity index (χ1n) is 6.35. The second-order valence-corrected chi connectivity index (χ2v) is 4.09. The van der Waals surface area contributed by atoms with Crippen molar-refractivity contribution < 1.29 is 19.5 Å². The van der Waals surface area contributed by atoms with E-state index in [9.17, 15) is 10.0 Å². The fourth-order valence-electron chi connectivity index (χ4n) is 1.57. The molecule has 1 aromatic rings. The van der Waals surface area contributed by atoms with Gasteiger partial charge < -0.3 is 19.5 Å².